The molecule has 0 aromatic carbocycles. The summed E-state index contributed by atoms with van der Waals surface area (Å²) < 4.78 is 0. The standard InChI is InChI=1S/C12H24.C9H20O/c1-3-5-7-9-11-12-10-8-6-4-2;1-9(2)7-5-3-4-6-8-10/h3H,1,4-12H2,2H3;9-10H,3-8H2,1-2H3. The van der Waals surface area contributed by atoms with E-state index in [4.69, 9.17) is 5.11 Å². The molecule has 0 fully saturated rings. The van der Waals surface area contributed by atoms with E-state index in [1.54, 1.807) is 0 Å². The first kappa shape index (κ1) is 24.0. The Morgan fingerprint density at radius 3 is 1.77 bits per heavy atom. The molecule has 22 heavy (non-hydrogen) atoms. The molecule has 0 aliphatic heterocycles. The number of allylic oxidation sites excluding steroid dienone is 1. The summed E-state index contributed by atoms with van der Waals surface area (Å²) in [6.07, 6.45) is 20.7. The van der Waals surface area contributed by atoms with Crippen molar-refractivity contribution in [1.82, 2.24) is 0 Å². The third-order valence-corrected chi connectivity index (χ3v) is 3.95. The molecule has 134 valence electrons. The molecule has 0 saturated carbocycles. The maximum absolute atomic E-state index is 8.47. The van der Waals surface area contributed by atoms with E-state index >= 15 is 0 Å². The van der Waals surface area contributed by atoms with Crippen LogP contribution in [0.2, 0.25) is 0 Å². The lowest BCUT2D eigenvalue weighted by molar-refractivity contribution is 0.282. The van der Waals surface area contributed by atoms with Crippen LogP contribution in [0.25, 0.3) is 0 Å². The van der Waals surface area contributed by atoms with Crippen molar-refractivity contribution in [1.29, 1.82) is 0 Å². The zero-order valence-corrected chi connectivity index (χ0v) is 15.9. The molecule has 0 aromatic heterocycles. The minimum Gasteiger partial charge on any atom is -0.396 e. The summed E-state index contributed by atoms with van der Waals surface area (Å²) >= 11 is 0. The van der Waals surface area contributed by atoms with Gasteiger partial charge >= 0.3 is 0 Å². The smallest absolute Gasteiger partial charge is 0.0431 e. The Kier molecular flexibility index (Phi) is 25.0. The van der Waals surface area contributed by atoms with Gasteiger partial charge in [0, 0.05) is 6.61 Å². The lowest BCUT2D eigenvalue weighted by Gasteiger charge is -2.02. The van der Waals surface area contributed by atoms with E-state index in [9.17, 15) is 0 Å². The zero-order chi connectivity index (χ0) is 16.9. The molecule has 0 bridgehead atoms. The van der Waals surface area contributed by atoms with Gasteiger partial charge in [-0.2, -0.15) is 0 Å². The van der Waals surface area contributed by atoms with Gasteiger partial charge in [-0.1, -0.05) is 97.5 Å². The van der Waals surface area contributed by atoms with Gasteiger partial charge in [-0.15, -0.1) is 6.58 Å². The summed E-state index contributed by atoms with van der Waals surface area (Å²) in [4.78, 5) is 0. The van der Waals surface area contributed by atoms with E-state index in [0.717, 1.165) is 12.3 Å². The van der Waals surface area contributed by atoms with Gasteiger partial charge in [0.1, 0.15) is 0 Å². The predicted molar refractivity (Wildman–Crippen MR) is 102 cm³/mol. The normalized spacial score (nSPS) is 10.4. The van der Waals surface area contributed by atoms with E-state index in [0.29, 0.717) is 6.61 Å². The number of aliphatic hydroxyl groups excluding tert-OH is 1. The van der Waals surface area contributed by atoms with Gasteiger partial charge in [0.2, 0.25) is 0 Å². The largest absolute Gasteiger partial charge is 0.396 e. The molecule has 1 nitrogen and oxygen atoms in total. The molecule has 0 radical (unpaired) electrons. The van der Waals surface area contributed by atoms with Crippen molar-refractivity contribution in [3.05, 3.63) is 12.7 Å². The van der Waals surface area contributed by atoms with Crippen molar-refractivity contribution in [3.63, 3.8) is 0 Å². The van der Waals surface area contributed by atoms with Crippen molar-refractivity contribution in [2.24, 2.45) is 5.92 Å². The monoisotopic (exact) mass is 312 g/mol. The molecule has 0 unspecified atom stereocenters. The first-order chi connectivity index (χ1) is 10.7. The van der Waals surface area contributed by atoms with Gasteiger partial charge in [0.05, 0.1) is 0 Å². The summed E-state index contributed by atoms with van der Waals surface area (Å²) in [5, 5.41) is 8.47. The molecular weight excluding hydrogens is 268 g/mol. The SMILES string of the molecule is C=CCCCCCCCCCC.CC(C)CCCCCCO. The Balaban J connectivity index is 0. The third kappa shape index (κ3) is 27.9. The van der Waals surface area contributed by atoms with Gasteiger partial charge in [-0.05, 0) is 25.2 Å². The highest BCUT2D eigenvalue weighted by molar-refractivity contribution is 4.65. The zero-order valence-electron chi connectivity index (χ0n) is 15.9. The van der Waals surface area contributed by atoms with Gasteiger partial charge in [0.15, 0.2) is 0 Å². The molecule has 0 heterocycles. The molecule has 0 rings (SSSR count). The highest BCUT2D eigenvalue weighted by atomic mass is 16.2. The maximum atomic E-state index is 8.47. The third-order valence-electron chi connectivity index (χ3n) is 3.95. The van der Waals surface area contributed by atoms with E-state index in [1.807, 2.05) is 6.08 Å². The second-order valence-electron chi connectivity index (χ2n) is 6.87. The second-order valence-corrected chi connectivity index (χ2v) is 6.87. The summed E-state index contributed by atoms with van der Waals surface area (Å²) in [6.45, 7) is 10.9. The van der Waals surface area contributed by atoms with Crippen LogP contribution in [0.3, 0.4) is 0 Å². The van der Waals surface area contributed by atoms with Crippen molar-refractivity contribution in [2.45, 2.75) is 111 Å². The minimum absolute atomic E-state index is 0.363. The molecule has 0 spiro atoms. The number of hydrogen-bond acceptors (Lipinski definition) is 1. The van der Waals surface area contributed by atoms with E-state index < -0.39 is 0 Å². The number of hydrogen-bond donors (Lipinski definition) is 1. The number of rotatable bonds is 15. The van der Waals surface area contributed by atoms with E-state index in [-0.39, 0.29) is 0 Å². The molecular formula is C21H44O. The molecule has 0 aliphatic rings. The number of aliphatic hydroxyl groups is 1. The van der Waals surface area contributed by atoms with Crippen LogP contribution in [0.15, 0.2) is 12.7 Å². The first-order valence-electron chi connectivity index (χ1n) is 9.90. The lowest BCUT2D eigenvalue weighted by Crippen LogP contribution is -1.88. The van der Waals surface area contributed by atoms with Gasteiger partial charge in [0.25, 0.3) is 0 Å². The van der Waals surface area contributed by atoms with E-state index in [2.05, 4.69) is 27.4 Å². The Labute approximate surface area is 141 Å². The fourth-order valence-electron chi connectivity index (χ4n) is 2.44. The molecule has 0 aliphatic carbocycles. The van der Waals surface area contributed by atoms with Crippen LogP contribution >= 0.6 is 0 Å². The van der Waals surface area contributed by atoms with Gasteiger partial charge in [-0.3, -0.25) is 0 Å². The topological polar surface area (TPSA) is 20.2 Å². The Bertz CT molecular complexity index is 186. The van der Waals surface area contributed by atoms with Crippen LogP contribution in [-0.2, 0) is 0 Å². The lowest BCUT2D eigenvalue weighted by atomic mass is 10.0. The average molecular weight is 313 g/mol. The minimum atomic E-state index is 0.363. The highest BCUT2D eigenvalue weighted by Gasteiger charge is 1.93. The van der Waals surface area contributed by atoms with Crippen LogP contribution in [-0.4, -0.2) is 11.7 Å². The second kappa shape index (κ2) is 23.0. The quantitative estimate of drug-likeness (QED) is 0.248. The first-order valence-corrected chi connectivity index (χ1v) is 9.90. The van der Waals surface area contributed by atoms with E-state index in [1.165, 1.54) is 83.5 Å². The Morgan fingerprint density at radius 2 is 1.27 bits per heavy atom. The average Bonchev–Trinajstić information content (AvgIpc) is 2.50. The van der Waals surface area contributed by atoms with Gasteiger partial charge < -0.3 is 5.11 Å². The summed E-state index contributed by atoms with van der Waals surface area (Å²) in [5.41, 5.74) is 0. The molecule has 1 heteroatoms. The van der Waals surface area contributed by atoms with Crippen molar-refractivity contribution >= 4 is 0 Å². The van der Waals surface area contributed by atoms with Crippen LogP contribution in [0.4, 0.5) is 0 Å². The summed E-state index contributed by atoms with van der Waals surface area (Å²) in [6, 6.07) is 0. The summed E-state index contributed by atoms with van der Waals surface area (Å²) in [5.74, 6) is 0.842. The molecule has 0 amide bonds. The van der Waals surface area contributed by atoms with Crippen molar-refractivity contribution in [2.75, 3.05) is 6.61 Å². The Morgan fingerprint density at radius 1 is 0.773 bits per heavy atom. The molecule has 1 N–H and O–H groups in total. The fraction of sp³-hybridized carbons (Fsp3) is 0.905. The number of unbranched alkanes of at least 4 members (excludes halogenated alkanes) is 11. The van der Waals surface area contributed by atoms with Gasteiger partial charge in [-0.25, -0.2) is 0 Å². The molecule has 0 saturated heterocycles. The summed E-state index contributed by atoms with van der Waals surface area (Å²) in [7, 11) is 0. The predicted octanol–water partition coefficient (Wildman–Crippen LogP) is 7.29. The molecule has 0 atom stereocenters. The fourth-order valence-corrected chi connectivity index (χ4v) is 2.44. The van der Waals surface area contributed by atoms with Crippen LogP contribution in [0.1, 0.15) is 111 Å². The van der Waals surface area contributed by atoms with Crippen LogP contribution in [0, 0.1) is 5.92 Å². The maximum Gasteiger partial charge on any atom is 0.0431 e. The van der Waals surface area contributed by atoms with Crippen molar-refractivity contribution < 1.29 is 5.11 Å². The molecule has 0 aromatic rings. The Hall–Kier alpha value is -0.300. The van der Waals surface area contributed by atoms with Crippen LogP contribution < -0.4 is 0 Å². The van der Waals surface area contributed by atoms with Crippen LogP contribution in [0.5, 0.6) is 0 Å². The highest BCUT2D eigenvalue weighted by Crippen LogP contribution is 2.09. The van der Waals surface area contributed by atoms with Crippen molar-refractivity contribution in [3.8, 4) is 0 Å².